The minimum absolute atomic E-state index is 0.704. The van der Waals surface area contributed by atoms with Gasteiger partial charge in [0.05, 0.1) is 0 Å². The number of hydrogen-bond acceptors (Lipinski definition) is 1. The van der Waals surface area contributed by atoms with Crippen molar-refractivity contribution in [2.75, 3.05) is 6.54 Å². The lowest BCUT2D eigenvalue weighted by Crippen LogP contribution is -2.35. The molecule has 0 aromatic heterocycles. The Morgan fingerprint density at radius 1 is 1.21 bits per heavy atom. The van der Waals surface area contributed by atoms with Gasteiger partial charge in [-0.05, 0) is 43.7 Å². The van der Waals surface area contributed by atoms with Crippen LogP contribution in [0.25, 0.3) is 0 Å². The Hall–Kier alpha value is -0.820. The third-order valence-electron chi connectivity index (χ3n) is 3.29. The number of piperidine rings is 1. The van der Waals surface area contributed by atoms with E-state index in [4.69, 9.17) is 0 Å². The fourth-order valence-corrected chi connectivity index (χ4v) is 2.31. The molecule has 1 aliphatic heterocycles. The van der Waals surface area contributed by atoms with E-state index < -0.39 is 0 Å². The largest absolute Gasteiger partial charge is 0.314 e. The molecule has 1 heterocycles. The van der Waals surface area contributed by atoms with E-state index in [1.54, 1.807) is 0 Å². The molecule has 14 heavy (non-hydrogen) atoms. The summed E-state index contributed by atoms with van der Waals surface area (Å²) in [5.74, 6) is 0.729. The van der Waals surface area contributed by atoms with Crippen LogP contribution in [0.2, 0.25) is 0 Å². The second-order valence-electron chi connectivity index (χ2n) is 4.44. The van der Waals surface area contributed by atoms with Crippen LogP contribution in [0.15, 0.2) is 24.3 Å². The fourth-order valence-electron chi connectivity index (χ4n) is 2.31. The Morgan fingerprint density at radius 3 is 2.64 bits per heavy atom. The number of benzene rings is 1. The summed E-state index contributed by atoms with van der Waals surface area (Å²) in [5.41, 5.74) is 2.97. The van der Waals surface area contributed by atoms with E-state index in [1.807, 2.05) is 0 Å². The number of aryl methyl sites for hydroxylation is 1. The van der Waals surface area contributed by atoms with Gasteiger partial charge in [0.1, 0.15) is 0 Å². The monoisotopic (exact) mass is 189 g/mol. The van der Waals surface area contributed by atoms with Gasteiger partial charge in [-0.15, -0.1) is 0 Å². The van der Waals surface area contributed by atoms with Crippen LogP contribution in [-0.4, -0.2) is 12.6 Å². The highest BCUT2D eigenvalue weighted by molar-refractivity contribution is 5.29. The lowest BCUT2D eigenvalue weighted by Gasteiger charge is -2.28. The number of hydrogen-bond donors (Lipinski definition) is 1. The highest BCUT2D eigenvalue weighted by Crippen LogP contribution is 2.27. The molecule has 0 saturated carbocycles. The maximum absolute atomic E-state index is 3.56. The number of rotatable bonds is 1. The molecule has 1 saturated heterocycles. The fraction of sp³-hybridized carbons (Fsp3) is 0.538. The summed E-state index contributed by atoms with van der Waals surface area (Å²) in [6.45, 7) is 5.63. The highest BCUT2D eigenvalue weighted by Gasteiger charge is 2.19. The van der Waals surface area contributed by atoms with Crippen molar-refractivity contribution >= 4 is 0 Å². The van der Waals surface area contributed by atoms with Crippen molar-refractivity contribution in [1.29, 1.82) is 0 Å². The van der Waals surface area contributed by atoms with Gasteiger partial charge in [0.15, 0.2) is 0 Å². The van der Waals surface area contributed by atoms with Gasteiger partial charge in [0.2, 0.25) is 0 Å². The molecule has 0 spiro atoms. The zero-order valence-electron chi connectivity index (χ0n) is 9.09. The van der Waals surface area contributed by atoms with Crippen LogP contribution in [-0.2, 0) is 0 Å². The Labute approximate surface area is 86.5 Å². The molecule has 76 valence electrons. The minimum Gasteiger partial charge on any atom is -0.314 e. The Kier molecular flexibility index (Phi) is 2.87. The lowest BCUT2D eigenvalue weighted by atomic mass is 9.87. The Morgan fingerprint density at radius 2 is 2.00 bits per heavy atom. The lowest BCUT2D eigenvalue weighted by molar-refractivity contribution is 0.384. The standard InChI is InChI=1S/C13H19N/c1-10-5-3-4-6-13(10)12-8-7-11(2)14-9-12/h3-6,11-12,14H,7-9H2,1-2H3. The predicted molar refractivity (Wildman–Crippen MR) is 60.6 cm³/mol. The number of nitrogens with one attached hydrogen (secondary N) is 1. The summed E-state index contributed by atoms with van der Waals surface area (Å²) in [5, 5.41) is 3.56. The molecular formula is C13H19N. The van der Waals surface area contributed by atoms with E-state index in [0.717, 1.165) is 12.5 Å². The van der Waals surface area contributed by atoms with Crippen molar-refractivity contribution in [3.63, 3.8) is 0 Å². The average Bonchev–Trinajstić information content (AvgIpc) is 2.20. The van der Waals surface area contributed by atoms with Gasteiger partial charge < -0.3 is 5.32 Å². The van der Waals surface area contributed by atoms with E-state index in [0.29, 0.717) is 6.04 Å². The molecule has 2 rings (SSSR count). The van der Waals surface area contributed by atoms with E-state index in [2.05, 4.69) is 43.4 Å². The maximum Gasteiger partial charge on any atom is 0.00391 e. The van der Waals surface area contributed by atoms with Gasteiger partial charge in [-0.25, -0.2) is 0 Å². The van der Waals surface area contributed by atoms with Crippen molar-refractivity contribution in [1.82, 2.24) is 5.32 Å². The van der Waals surface area contributed by atoms with Gasteiger partial charge in [0, 0.05) is 12.6 Å². The van der Waals surface area contributed by atoms with Gasteiger partial charge in [-0.1, -0.05) is 24.3 Å². The van der Waals surface area contributed by atoms with Gasteiger partial charge >= 0.3 is 0 Å². The molecule has 1 heteroatoms. The molecule has 1 aliphatic rings. The summed E-state index contributed by atoms with van der Waals surface area (Å²) < 4.78 is 0. The van der Waals surface area contributed by atoms with Crippen LogP contribution < -0.4 is 5.32 Å². The molecule has 0 radical (unpaired) electrons. The molecule has 2 unspecified atom stereocenters. The third kappa shape index (κ3) is 1.98. The normalized spacial score (nSPS) is 27.6. The quantitative estimate of drug-likeness (QED) is 0.716. The van der Waals surface area contributed by atoms with Crippen LogP contribution in [0.5, 0.6) is 0 Å². The summed E-state index contributed by atoms with van der Waals surface area (Å²) >= 11 is 0. The zero-order chi connectivity index (χ0) is 9.97. The first-order valence-corrected chi connectivity index (χ1v) is 5.56. The average molecular weight is 189 g/mol. The molecule has 0 amide bonds. The SMILES string of the molecule is Cc1ccccc1C1CCC(C)NC1. The maximum atomic E-state index is 3.56. The molecule has 1 aromatic rings. The van der Waals surface area contributed by atoms with Crippen molar-refractivity contribution in [3.8, 4) is 0 Å². The van der Waals surface area contributed by atoms with Crippen molar-refractivity contribution in [2.45, 2.75) is 38.6 Å². The second-order valence-corrected chi connectivity index (χ2v) is 4.44. The summed E-state index contributed by atoms with van der Waals surface area (Å²) in [4.78, 5) is 0. The Bertz CT molecular complexity index is 298. The van der Waals surface area contributed by atoms with E-state index in [-0.39, 0.29) is 0 Å². The molecule has 1 aromatic carbocycles. The van der Waals surface area contributed by atoms with E-state index in [1.165, 1.54) is 24.0 Å². The first kappa shape index (κ1) is 9.72. The summed E-state index contributed by atoms with van der Waals surface area (Å²) in [6.07, 6.45) is 2.64. The van der Waals surface area contributed by atoms with Crippen molar-refractivity contribution in [2.24, 2.45) is 0 Å². The molecule has 1 fully saturated rings. The van der Waals surface area contributed by atoms with Gasteiger partial charge in [0.25, 0.3) is 0 Å². The first-order valence-electron chi connectivity index (χ1n) is 5.56. The van der Waals surface area contributed by atoms with Crippen LogP contribution in [0.3, 0.4) is 0 Å². The van der Waals surface area contributed by atoms with Crippen LogP contribution in [0.1, 0.15) is 36.8 Å². The van der Waals surface area contributed by atoms with Crippen LogP contribution >= 0.6 is 0 Å². The third-order valence-corrected chi connectivity index (χ3v) is 3.29. The minimum atomic E-state index is 0.704. The van der Waals surface area contributed by atoms with Crippen molar-refractivity contribution in [3.05, 3.63) is 35.4 Å². The van der Waals surface area contributed by atoms with E-state index >= 15 is 0 Å². The van der Waals surface area contributed by atoms with Crippen LogP contribution in [0.4, 0.5) is 0 Å². The molecule has 0 bridgehead atoms. The molecular weight excluding hydrogens is 170 g/mol. The van der Waals surface area contributed by atoms with Gasteiger partial charge in [-0.3, -0.25) is 0 Å². The molecule has 2 atom stereocenters. The Balaban J connectivity index is 2.12. The summed E-state index contributed by atoms with van der Waals surface area (Å²) in [7, 11) is 0. The van der Waals surface area contributed by atoms with Gasteiger partial charge in [-0.2, -0.15) is 0 Å². The first-order chi connectivity index (χ1) is 6.77. The van der Waals surface area contributed by atoms with E-state index in [9.17, 15) is 0 Å². The topological polar surface area (TPSA) is 12.0 Å². The predicted octanol–water partition coefficient (Wildman–Crippen LogP) is 2.85. The molecule has 1 N–H and O–H groups in total. The zero-order valence-corrected chi connectivity index (χ0v) is 9.09. The molecule has 1 nitrogen and oxygen atoms in total. The summed E-state index contributed by atoms with van der Waals surface area (Å²) in [6, 6.07) is 9.47. The smallest absolute Gasteiger partial charge is 0.00391 e. The molecule has 0 aliphatic carbocycles. The van der Waals surface area contributed by atoms with Crippen molar-refractivity contribution < 1.29 is 0 Å². The van der Waals surface area contributed by atoms with Crippen LogP contribution in [0, 0.1) is 6.92 Å². The second kappa shape index (κ2) is 4.14. The highest BCUT2D eigenvalue weighted by atomic mass is 14.9.